The molecule has 24 heavy (non-hydrogen) atoms. The van der Waals surface area contributed by atoms with E-state index in [1.54, 1.807) is 47.8 Å². The van der Waals surface area contributed by atoms with Gasteiger partial charge in [0.05, 0.1) is 17.6 Å². The van der Waals surface area contributed by atoms with Gasteiger partial charge in [0.2, 0.25) is 0 Å². The van der Waals surface area contributed by atoms with Gasteiger partial charge in [0, 0.05) is 36.9 Å². The van der Waals surface area contributed by atoms with E-state index < -0.39 is 0 Å². The highest BCUT2D eigenvalue weighted by Gasteiger charge is 2.07. The van der Waals surface area contributed by atoms with E-state index in [1.807, 2.05) is 30.3 Å². The van der Waals surface area contributed by atoms with Crippen LogP contribution in [0.25, 0.3) is 23.5 Å². The summed E-state index contributed by atoms with van der Waals surface area (Å²) in [5.74, 6) is 0. The van der Waals surface area contributed by atoms with Crippen molar-refractivity contribution in [1.29, 1.82) is 0 Å². The minimum Gasteiger partial charge on any atom is -0.267 e. The molecular weight excluding hydrogens is 302 g/mol. The fourth-order valence-electron chi connectivity index (χ4n) is 2.47. The lowest BCUT2D eigenvalue weighted by Crippen LogP contribution is -2.20. The van der Waals surface area contributed by atoms with Gasteiger partial charge in [-0.15, -0.1) is 0 Å². The lowest BCUT2D eigenvalue weighted by molar-refractivity contribution is 0.760. The molecule has 0 saturated heterocycles. The quantitative estimate of drug-likeness (QED) is 0.582. The molecule has 6 heteroatoms. The van der Waals surface area contributed by atoms with Gasteiger partial charge >= 0.3 is 0 Å². The topological polar surface area (TPSA) is 65.1 Å². The molecule has 0 aliphatic heterocycles. The Morgan fingerprint density at radius 2 is 1.79 bits per heavy atom. The Morgan fingerprint density at radius 1 is 0.958 bits per heavy atom. The normalized spacial score (nSPS) is 11.3. The summed E-state index contributed by atoms with van der Waals surface area (Å²) in [5, 5.41) is 0. The third kappa shape index (κ3) is 2.61. The van der Waals surface area contributed by atoms with E-state index in [9.17, 15) is 4.79 Å². The zero-order valence-electron chi connectivity index (χ0n) is 12.6. The molecule has 0 atom stereocenters. The Morgan fingerprint density at radius 3 is 2.54 bits per heavy atom. The van der Waals surface area contributed by atoms with Gasteiger partial charge in [0.1, 0.15) is 0 Å². The van der Waals surface area contributed by atoms with Crippen molar-refractivity contribution in [2.45, 2.75) is 0 Å². The Balaban J connectivity index is 1.77. The van der Waals surface area contributed by atoms with Gasteiger partial charge in [-0.25, -0.2) is 4.98 Å². The first-order chi connectivity index (χ1) is 11.8. The summed E-state index contributed by atoms with van der Waals surface area (Å²) in [6.07, 6.45) is 12.3. The van der Waals surface area contributed by atoms with Gasteiger partial charge in [-0.05, 0) is 29.8 Å². The molecule has 4 heterocycles. The molecule has 0 bridgehead atoms. The van der Waals surface area contributed by atoms with Gasteiger partial charge < -0.3 is 0 Å². The zero-order chi connectivity index (χ0) is 16.4. The van der Waals surface area contributed by atoms with Gasteiger partial charge in [-0.1, -0.05) is 12.1 Å². The molecule has 0 aromatic carbocycles. The van der Waals surface area contributed by atoms with Crippen LogP contribution in [0.4, 0.5) is 0 Å². The van der Waals surface area contributed by atoms with Crippen molar-refractivity contribution in [3.63, 3.8) is 0 Å². The van der Waals surface area contributed by atoms with Crippen molar-refractivity contribution in [3.05, 3.63) is 89.0 Å². The monoisotopic (exact) mass is 315 g/mol. The Hall–Kier alpha value is -3.54. The number of hydrogen-bond donors (Lipinski definition) is 0. The number of nitrogens with zero attached hydrogens (tertiary/aromatic N) is 5. The first-order valence-corrected chi connectivity index (χ1v) is 7.41. The van der Waals surface area contributed by atoms with Crippen LogP contribution in [0.3, 0.4) is 0 Å². The second-order valence-corrected chi connectivity index (χ2v) is 5.18. The average Bonchev–Trinajstić information content (AvgIpc) is 3.06. The molecule has 0 aliphatic rings. The summed E-state index contributed by atoms with van der Waals surface area (Å²) in [7, 11) is 0. The van der Waals surface area contributed by atoms with E-state index >= 15 is 0 Å². The maximum absolute atomic E-state index is 12.5. The molecule has 0 amide bonds. The second-order valence-electron chi connectivity index (χ2n) is 5.18. The van der Waals surface area contributed by atoms with Gasteiger partial charge in [0.15, 0.2) is 5.65 Å². The minimum absolute atomic E-state index is 0.153. The molecule has 0 spiro atoms. The predicted octanol–water partition coefficient (Wildman–Crippen LogP) is 2.45. The first-order valence-electron chi connectivity index (χ1n) is 7.41. The number of hydrogen-bond acceptors (Lipinski definition) is 4. The van der Waals surface area contributed by atoms with E-state index in [2.05, 4.69) is 15.0 Å². The number of aromatic nitrogens is 5. The SMILES string of the molecule is O=c1cc(/C=C/c2cccnc2)nc2ccn(-c3cccnc3)n12. The predicted molar refractivity (Wildman–Crippen MR) is 91.7 cm³/mol. The van der Waals surface area contributed by atoms with Crippen LogP contribution in [0, 0.1) is 0 Å². The van der Waals surface area contributed by atoms with Crippen molar-refractivity contribution in [2.75, 3.05) is 0 Å². The van der Waals surface area contributed by atoms with Crippen molar-refractivity contribution in [2.24, 2.45) is 0 Å². The molecule has 0 aliphatic carbocycles. The number of rotatable bonds is 3. The Kier molecular flexibility index (Phi) is 3.47. The molecular formula is C18H13N5O. The highest BCUT2D eigenvalue weighted by atomic mass is 16.1. The van der Waals surface area contributed by atoms with Gasteiger partial charge in [0.25, 0.3) is 5.56 Å². The molecule has 4 aromatic rings. The molecule has 0 unspecified atom stereocenters. The zero-order valence-corrected chi connectivity index (χ0v) is 12.6. The standard InChI is InChI=1S/C18H13N5O/c24-18-11-15(6-5-14-3-1-8-19-12-14)21-17-7-10-22(23(17)18)16-4-2-9-20-13-16/h1-13H/b6-5+. The Labute approximate surface area is 137 Å². The molecule has 0 fully saturated rings. The third-order valence-electron chi connectivity index (χ3n) is 3.56. The molecule has 4 aromatic heterocycles. The summed E-state index contributed by atoms with van der Waals surface area (Å²) >= 11 is 0. The summed E-state index contributed by atoms with van der Waals surface area (Å²) in [5.41, 5.74) is 2.78. The molecule has 4 rings (SSSR count). The van der Waals surface area contributed by atoms with E-state index in [4.69, 9.17) is 0 Å². The highest BCUT2D eigenvalue weighted by molar-refractivity contribution is 5.68. The minimum atomic E-state index is -0.153. The van der Waals surface area contributed by atoms with Crippen LogP contribution in [0.2, 0.25) is 0 Å². The second kappa shape index (κ2) is 5.92. The van der Waals surface area contributed by atoms with Crippen LogP contribution in [0.1, 0.15) is 11.3 Å². The largest absolute Gasteiger partial charge is 0.273 e. The van der Waals surface area contributed by atoms with E-state index in [0.717, 1.165) is 11.3 Å². The molecule has 0 N–H and O–H groups in total. The smallest absolute Gasteiger partial charge is 0.267 e. The summed E-state index contributed by atoms with van der Waals surface area (Å²) in [4.78, 5) is 25.2. The summed E-state index contributed by atoms with van der Waals surface area (Å²) < 4.78 is 3.24. The highest BCUT2D eigenvalue weighted by Crippen LogP contribution is 2.09. The van der Waals surface area contributed by atoms with Crippen LogP contribution < -0.4 is 5.56 Å². The van der Waals surface area contributed by atoms with E-state index in [-0.39, 0.29) is 5.56 Å². The van der Waals surface area contributed by atoms with Crippen molar-refractivity contribution >= 4 is 17.8 Å². The van der Waals surface area contributed by atoms with Crippen LogP contribution in [0.15, 0.2) is 72.2 Å². The molecule has 116 valence electrons. The van der Waals surface area contributed by atoms with E-state index in [0.29, 0.717) is 11.3 Å². The van der Waals surface area contributed by atoms with Crippen molar-refractivity contribution in [1.82, 2.24) is 24.1 Å². The summed E-state index contributed by atoms with van der Waals surface area (Å²) in [6.45, 7) is 0. The lowest BCUT2D eigenvalue weighted by Gasteiger charge is -2.05. The number of pyridine rings is 2. The fraction of sp³-hybridized carbons (Fsp3) is 0. The van der Waals surface area contributed by atoms with Crippen LogP contribution in [0.5, 0.6) is 0 Å². The first kappa shape index (κ1) is 14.1. The maximum Gasteiger partial charge on any atom is 0.273 e. The van der Waals surface area contributed by atoms with Crippen LogP contribution >= 0.6 is 0 Å². The fourth-order valence-corrected chi connectivity index (χ4v) is 2.47. The lowest BCUT2D eigenvalue weighted by atomic mass is 10.2. The molecule has 6 nitrogen and oxygen atoms in total. The summed E-state index contributed by atoms with van der Waals surface area (Å²) in [6, 6.07) is 10.8. The van der Waals surface area contributed by atoms with Crippen molar-refractivity contribution < 1.29 is 0 Å². The van der Waals surface area contributed by atoms with Crippen LogP contribution in [-0.2, 0) is 0 Å². The van der Waals surface area contributed by atoms with Gasteiger partial charge in [-0.3, -0.25) is 19.4 Å². The number of fused-ring (bicyclic) bond motifs is 1. The van der Waals surface area contributed by atoms with Gasteiger partial charge in [-0.2, -0.15) is 4.52 Å². The average molecular weight is 315 g/mol. The molecule has 0 radical (unpaired) electrons. The molecule has 0 saturated carbocycles. The third-order valence-corrected chi connectivity index (χ3v) is 3.56. The maximum atomic E-state index is 12.5. The van der Waals surface area contributed by atoms with Crippen LogP contribution in [-0.4, -0.2) is 24.1 Å². The van der Waals surface area contributed by atoms with Crippen molar-refractivity contribution in [3.8, 4) is 5.69 Å². The Bertz CT molecular complexity index is 1060. The van der Waals surface area contributed by atoms with E-state index in [1.165, 1.54) is 10.6 Å².